The van der Waals surface area contributed by atoms with Crippen LogP contribution in [0, 0.1) is 0 Å². The van der Waals surface area contributed by atoms with Gasteiger partial charge in [0.15, 0.2) is 0 Å². The third-order valence-corrected chi connectivity index (χ3v) is 4.40. The Bertz CT molecular complexity index is 306. The summed E-state index contributed by atoms with van der Waals surface area (Å²) in [6.45, 7) is 0. The molecule has 0 unspecified atom stereocenters. The maximum absolute atomic E-state index is 12.2. The van der Waals surface area contributed by atoms with Crippen molar-refractivity contribution in [1.29, 1.82) is 0 Å². The molecular weight excluding hydrogens is 231 g/mol. The molecule has 0 bridgehead atoms. The van der Waals surface area contributed by atoms with E-state index in [-0.39, 0.29) is 0 Å². The summed E-state index contributed by atoms with van der Waals surface area (Å²) in [6, 6.07) is -0.495. The lowest BCUT2D eigenvalue weighted by Gasteiger charge is -2.30. The minimum absolute atomic E-state index is 0.478. The number of hydrogen-bond acceptors (Lipinski definition) is 2. The molecule has 0 aromatic heterocycles. The molecule has 0 spiro atoms. The molecule has 15 heavy (non-hydrogen) atoms. The van der Waals surface area contributed by atoms with E-state index in [1.54, 1.807) is 0 Å². The van der Waals surface area contributed by atoms with Crippen LogP contribution in [0.5, 0.6) is 0 Å². The van der Waals surface area contributed by atoms with Gasteiger partial charge >= 0.3 is 15.5 Å². The summed E-state index contributed by atoms with van der Waals surface area (Å²) in [5, 5.41) is 0. The van der Waals surface area contributed by atoms with Gasteiger partial charge in [-0.3, -0.25) is 0 Å². The van der Waals surface area contributed by atoms with E-state index >= 15 is 0 Å². The second kappa shape index (κ2) is 4.29. The normalized spacial score (nSPS) is 20.9. The van der Waals surface area contributed by atoms with Crippen LogP contribution in [0.4, 0.5) is 13.2 Å². The first-order valence-electron chi connectivity index (χ1n) is 4.81. The van der Waals surface area contributed by atoms with E-state index in [4.69, 9.17) is 0 Å². The third-order valence-electron chi connectivity index (χ3n) is 2.76. The first kappa shape index (κ1) is 12.8. The van der Waals surface area contributed by atoms with Gasteiger partial charge in [-0.15, -0.1) is 0 Å². The van der Waals surface area contributed by atoms with Gasteiger partial charge in [-0.25, -0.2) is 8.42 Å². The van der Waals surface area contributed by atoms with Crippen molar-refractivity contribution in [3.63, 3.8) is 0 Å². The molecule has 90 valence electrons. The van der Waals surface area contributed by atoms with Crippen LogP contribution in [0.25, 0.3) is 0 Å². The van der Waals surface area contributed by atoms with E-state index in [9.17, 15) is 21.6 Å². The van der Waals surface area contributed by atoms with E-state index < -0.39 is 21.6 Å². The van der Waals surface area contributed by atoms with Crippen LogP contribution in [-0.2, 0) is 10.0 Å². The SMILES string of the molecule is CN(C1CCCCC1)S(=O)(=O)C(F)(F)F. The van der Waals surface area contributed by atoms with Crippen LogP contribution >= 0.6 is 0 Å². The highest BCUT2D eigenvalue weighted by molar-refractivity contribution is 7.89. The molecule has 1 aliphatic carbocycles. The highest BCUT2D eigenvalue weighted by Gasteiger charge is 2.50. The zero-order valence-corrected chi connectivity index (χ0v) is 9.24. The predicted octanol–water partition coefficient (Wildman–Crippen LogP) is 2.10. The second-order valence-electron chi connectivity index (χ2n) is 3.76. The molecule has 1 rings (SSSR count). The number of rotatable bonds is 2. The number of nitrogens with zero attached hydrogens (tertiary/aromatic N) is 1. The molecule has 0 radical (unpaired) electrons. The molecule has 0 aromatic rings. The van der Waals surface area contributed by atoms with Crippen molar-refractivity contribution in [1.82, 2.24) is 4.31 Å². The summed E-state index contributed by atoms with van der Waals surface area (Å²) in [4.78, 5) is 0. The summed E-state index contributed by atoms with van der Waals surface area (Å²) in [6.07, 6.45) is 3.60. The first-order chi connectivity index (χ1) is 6.77. The Kier molecular flexibility index (Phi) is 3.65. The van der Waals surface area contributed by atoms with Gasteiger partial charge < -0.3 is 0 Å². The van der Waals surface area contributed by atoms with Crippen molar-refractivity contribution in [2.45, 2.75) is 43.7 Å². The Morgan fingerprint density at radius 3 is 2.00 bits per heavy atom. The molecule has 1 fully saturated rings. The van der Waals surface area contributed by atoms with Crippen molar-refractivity contribution in [3.8, 4) is 0 Å². The maximum Gasteiger partial charge on any atom is 0.511 e. The Hall–Kier alpha value is -0.300. The molecule has 0 amide bonds. The number of sulfonamides is 1. The molecular formula is C8H14F3NO2S. The molecule has 1 saturated carbocycles. The van der Waals surface area contributed by atoms with Gasteiger partial charge in [-0.2, -0.15) is 17.5 Å². The minimum Gasteiger partial charge on any atom is -0.203 e. The van der Waals surface area contributed by atoms with Crippen LogP contribution in [0.3, 0.4) is 0 Å². The van der Waals surface area contributed by atoms with Crippen LogP contribution in [0.15, 0.2) is 0 Å². The van der Waals surface area contributed by atoms with E-state index in [1.807, 2.05) is 0 Å². The molecule has 0 N–H and O–H groups in total. The molecule has 0 heterocycles. The zero-order valence-electron chi connectivity index (χ0n) is 8.42. The van der Waals surface area contributed by atoms with Gasteiger partial charge in [0.1, 0.15) is 0 Å². The zero-order chi connectivity index (χ0) is 11.7. The van der Waals surface area contributed by atoms with Gasteiger partial charge in [0.2, 0.25) is 0 Å². The lowest BCUT2D eigenvalue weighted by atomic mass is 9.96. The lowest BCUT2D eigenvalue weighted by Crippen LogP contribution is -2.44. The lowest BCUT2D eigenvalue weighted by molar-refractivity contribution is -0.0496. The molecule has 1 aliphatic rings. The fraction of sp³-hybridized carbons (Fsp3) is 1.00. The molecule has 0 aromatic carbocycles. The predicted molar refractivity (Wildman–Crippen MR) is 49.6 cm³/mol. The van der Waals surface area contributed by atoms with Crippen molar-refractivity contribution >= 4 is 10.0 Å². The molecule has 0 saturated heterocycles. The first-order valence-corrected chi connectivity index (χ1v) is 6.25. The largest absolute Gasteiger partial charge is 0.511 e. The van der Waals surface area contributed by atoms with Crippen molar-refractivity contribution in [3.05, 3.63) is 0 Å². The van der Waals surface area contributed by atoms with Crippen molar-refractivity contribution < 1.29 is 21.6 Å². The Labute approximate surface area is 87.3 Å². The minimum atomic E-state index is -5.18. The fourth-order valence-corrected chi connectivity index (χ4v) is 2.73. The quantitative estimate of drug-likeness (QED) is 0.747. The van der Waals surface area contributed by atoms with Crippen LogP contribution < -0.4 is 0 Å². The van der Waals surface area contributed by atoms with Crippen molar-refractivity contribution in [2.24, 2.45) is 0 Å². The average Bonchev–Trinajstić information content (AvgIpc) is 2.16. The van der Waals surface area contributed by atoms with Crippen LogP contribution in [0.2, 0.25) is 0 Å². The summed E-state index contributed by atoms with van der Waals surface area (Å²) in [7, 11) is -4.13. The Balaban J connectivity index is 2.79. The molecule has 0 atom stereocenters. The van der Waals surface area contributed by atoms with E-state index in [1.165, 1.54) is 0 Å². The van der Waals surface area contributed by atoms with Gasteiger partial charge in [0, 0.05) is 13.1 Å². The van der Waals surface area contributed by atoms with Gasteiger partial charge in [0.05, 0.1) is 0 Å². The average molecular weight is 245 g/mol. The standard InChI is InChI=1S/C8H14F3NO2S/c1-12(7-5-3-2-4-6-7)15(13,14)8(9,10)11/h7H,2-6H2,1H3. The monoisotopic (exact) mass is 245 g/mol. The fourth-order valence-electron chi connectivity index (χ4n) is 1.80. The van der Waals surface area contributed by atoms with Crippen molar-refractivity contribution in [2.75, 3.05) is 7.05 Å². The smallest absolute Gasteiger partial charge is 0.203 e. The summed E-state index contributed by atoms with van der Waals surface area (Å²) < 4.78 is 59.2. The second-order valence-corrected chi connectivity index (χ2v) is 5.75. The molecule has 3 nitrogen and oxygen atoms in total. The summed E-state index contributed by atoms with van der Waals surface area (Å²) in [5.41, 5.74) is -5.18. The van der Waals surface area contributed by atoms with Crippen LogP contribution in [-0.4, -0.2) is 31.3 Å². The Morgan fingerprint density at radius 2 is 1.60 bits per heavy atom. The third kappa shape index (κ3) is 2.63. The highest BCUT2D eigenvalue weighted by Crippen LogP contribution is 2.31. The maximum atomic E-state index is 12.2. The van der Waals surface area contributed by atoms with Gasteiger partial charge in [-0.05, 0) is 12.8 Å². The van der Waals surface area contributed by atoms with E-state index in [2.05, 4.69) is 0 Å². The number of alkyl halides is 3. The summed E-state index contributed by atoms with van der Waals surface area (Å²) in [5.74, 6) is 0. The van der Waals surface area contributed by atoms with Crippen LogP contribution in [0.1, 0.15) is 32.1 Å². The highest BCUT2D eigenvalue weighted by atomic mass is 32.2. The molecule has 7 heteroatoms. The molecule has 0 aliphatic heterocycles. The van der Waals surface area contributed by atoms with Gasteiger partial charge in [0.25, 0.3) is 0 Å². The summed E-state index contributed by atoms with van der Waals surface area (Å²) >= 11 is 0. The van der Waals surface area contributed by atoms with Gasteiger partial charge in [-0.1, -0.05) is 19.3 Å². The van der Waals surface area contributed by atoms with E-state index in [0.717, 1.165) is 26.3 Å². The topological polar surface area (TPSA) is 37.4 Å². The van der Waals surface area contributed by atoms with E-state index in [0.29, 0.717) is 17.1 Å². The Morgan fingerprint density at radius 1 is 1.13 bits per heavy atom. The number of halogens is 3. The number of hydrogen-bond donors (Lipinski definition) is 0.